The molecule has 0 saturated carbocycles. The Morgan fingerprint density at radius 3 is 3.05 bits per heavy atom. The van der Waals surface area contributed by atoms with Crippen molar-refractivity contribution in [1.29, 1.82) is 0 Å². The maximum atomic E-state index is 6.11. The molecule has 2 atom stereocenters. The molecule has 110 valence electrons. The van der Waals surface area contributed by atoms with Crippen LogP contribution in [-0.2, 0) is 6.42 Å². The van der Waals surface area contributed by atoms with Crippen LogP contribution in [0.2, 0.25) is 5.15 Å². The van der Waals surface area contributed by atoms with Crippen LogP contribution in [0.15, 0.2) is 6.07 Å². The van der Waals surface area contributed by atoms with Gasteiger partial charge in [-0.05, 0) is 32.2 Å². The highest BCUT2D eigenvalue weighted by atomic mass is 35.5. The van der Waals surface area contributed by atoms with Crippen molar-refractivity contribution in [1.82, 2.24) is 14.9 Å². The van der Waals surface area contributed by atoms with E-state index >= 15 is 0 Å². The smallest absolute Gasteiger partial charge is 0.134 e. The van der Waals surface area contributed by atoms with E-state index in [1.165, 1.54) is 38.8 Å². The number of fused-ring (bicyclic) bond motifs is 1. The monoisotopic (exact) mass is 294 g/mol. The molecule has 1 aromatic heterocycles. The first kappa shape index (κ1) is 14.1. The minimum Gasteiger partial charge on any atom is -0.366 e. The van der Waals surface area contributed by atoms with E-state index in [4.69, 9.17) is 11.6 Å². The summed E-state index contributed by atoms with van der Waals surface area (Å²) in [5.74, 6) is 1.74. The molecule has 0 bridgehead atoms. The lowest BCUT2D eigenvalue weighted by molar-refractivity contribution is 0.192. The van der Waals surface area contributed by atoms with Crippen LogP contribution in [0, 0.1) is 0 Å². The van der Waals surface area contributed by atoms with E-state index in [1.807, 2.05) is 6.07 Å². The summed E-state index contributed by atoms with van der Waals surface area (Å²) >= 11 is 6.11. The SMILES string of the molecule is CCCc1nc(Cl)cc(NC2CCN3CCCCC23)n1. The highest BCUT2D eigenvalue weighted by Crippen LogP contribution is 2.29. The van der Waals surface area contributed by atoms with Crippen molar-refractivity contribution in [2.24, 2.45) is 0 Å². The molecule has 0 aliphatic carbocycles. The zero-order valence-corrected chi connectivity index (χ0v) is 12.9. The van der Waals surface area contributed by atoms with Crippen LogP contribution in [-0.4, -0.2) is 40.0 Å². The molecule has 2 saturated heterocycles. The molecule has 20 heavy (non-hydrogen) atoms. The van der Waals surface area contributed by atoms with Crippen molar-refractivity contribution in [2.45, 2.75) is 57.5 Å². The van der Waals surface area contributed by atoms with Gasteiger partial charge in [-0.2, -0.15) is 0 Å². The van der Waals surface area contributed by atoms with Crippen molar-refractivity contribution in [2.75, 3.05) is 18.4 Å². The highest BCUT2D eigenvalue weighted by Gasteiger charge is 2.35. The number of hydrogen-bond acceptors (Lipinski definition) is 4. The van der Waals surface area contributed by atoms with Gasteiger partial charge in [0, 0.05) is 31.1 Å². The molecule has 0 aromatic carbocycles. The van der Waals surface area contributed by atoms with Crippen molar-refractivity contribution in [3.8, 4) is 0 Å². The minimum atomic E-state index is 0.510. The zero-order valence-electron chi connectivity index (χ0n) is 12.1. The summed E-state index contributed by atoms with van der Waals surface area (Å²) in [4.78, 5) is 11.5. The van der Waals surface area contributed by atoms with Gasteiger partial charge in [0.15, 0.2) is 0 Å². The van der Waals surface area contributed by atoms with Gasteiger partial charge >= 0.3 is 0 Å². The lowest BCUT2D eigenvalue weighted by Crippen LogP contribution is -2.41. The second-order valence-corrected chi connectivity index (χ2v) is 6.27. The average molecular weight is 295 g/mol. The van der Waals surface area contributed by atoms with E-state index in [1.54, 1.807) is 0 Å². The van der Waals surface area contributed by atoms with Crippen LogP contribution in [0.3, 0.4) is 0 Å². The van der Waals surface area contributed by atoms with Gasteiger partial charge < -0.3 is 5.32 Å². The summed E-state index contributed by atoms with van der Waals surface area (Å²) in [5, 5.41) is 4.15. The number of nitrogens with zero attached hydrogens (tertiary/aromatic N) is 3. The number of aromatic nitrogens is 2. The van der Waals surface area contributed by atoms with Crippen LogP contribution >= 0.6 is 11.6 Å². The van der Waals surface area contributed by atoms with Gasteiger partial charge in [-0.25, -0.2) is 9.97 Å². The summed E-state index contributed by atoms with van der Waals surface area (Å²) in [7, 11) is 0. The number of aryl methyl sites for hydroxylation is 1. The zero-order chi connectivity index (χ0) is 13.9. The largest absolute Gasteiger partial charge is 0.366 e. The fourth-order valence-electron chi connectivity index (χ4n) is 3.48. The maximum Gasteiger partial charge on any atom is 0.134 e. The van der Waals surface area contributed by atoms with E-state index < -0.39 is 0 Å². The second kappa shape index (κ2) is 6.27. The first-order valence-corrected chi connectivity index (χ1v) is 8.18. The molecule has 3 rings (SSSR count). The van der Waals surface area contributed by atoms with Crippen LogP contribution < -0.4 is 5.32 Å². The van der Waals surface area contributed by atoms with E-state index in [0.717, 1.165) is 24.5 Å². The molecule has 2 unspecified atom stereocenters. The first-order valence-electron chi connectivity index (χ1n) is 7.80. The van der Waals surface area contributed by atoms with Gasteiger partial charge in [0.05, 0.1) is 0 Å². The van der Waals surface area contributed by atoms with Gasteiger partial charge in [0.1, 0.15) is 16.8 Å². The predicted octanol–water partition coefficient (Wildman–Crippen LogP) is 3.12. The van der Waals surface area contributed by atoms with Crippen LogP contribution in [0.5, 0.6) is 0 Å². The number of nitrogens with one attached hydrogen (secondary N) is 1. The summed E-state index contributed by atoms with van der Waals surface area (Å²) in [6.45, 7) is 4.60. The molecule has 2 aliphatic heterocycles. The molecule has 0 amide bonds. The van der Waals surface area contributed by atoms with Crippen molar-refractivity contribution in [3.05, 3.63) is 17.0 Å². The summed E-state index contributed by atoms with van der Waals surface area (Å²) in [6.07, 6.45) is 7.14. The predicted molar refractivity (Wildman–Crippen MR) is 82.3 cm³/mol. The van der Waals surface area contributed by atoms with E-state index in [-0.39, 0.29) is 0 Å². The number of halogens is 1. The first-order chi connectivity index (χ1) is 9.76. The van der Waals surface area contributed by atoms with Crippen LogP contribution in [0.25, 0.3) is 0 Å². The maximum absolute atomic E-state index is 6.11. The molecule has 5 heteroatoms. The number of anilines is 1. The fourth-order valence-corrected chi connectivity index (χ4v) is 3.68. The molecule has 2 fully saturated rings. The molecule has 1 aromatic rings. The van der Waals surface area contributed by atoms with Crippen molar-refractivity contribution < 1.29 is 0 Å². The lowest BCUT2D eigenvalue weighted by atomic mass is 9.99. The molecular weight excluding hydrogens is 272 g/mol. The van der Waals surface area contributed by atoms with Crippen molar-refractivity contribution >= 4 is 17.4 Å². The molecule has 3 heterocycles. The van der Waals surface area contributed by atoms with Gasteiger partial charge in [-0.3, -0.25) is 4.90 Å². The number of piperidine rings is 1. The van der Waals surface area contributed by atoms with E-state index in [9.17, 15) is 0 Å². The Kier molecular flexibility index (Phi) is 4.41. The highest BCUT2D eigenvalue weighted by molar-refractivity contribution is 6.29. The molecular formula is C15H23ClN4. The second-order valence-electron chi connectivity index (χ2n) is 5.88. The Morgan fingerprint density at radius 1 is 1.30 bits per heavy atom. The van der Waals surface area contributed by atoms with Crippen LogP contribution in [0.1, 0.15) is 44.9 Å². The van der Waals surface area contributed by atoms with Gasteiger partial charge in [0.25, 0.3) is 0 Å². The quantitative estimate of drug-likeness (QED) is 0.866. The Bertz CT molecular complexity index is 465. The fraction of sp³-hybridized carbons (Fsp3) is 0.733. The van der Waals surface area contributed by atoms with Gasteiger partial charge in [0.2, 0.25) is 0 Å². The molecule has 0 radical (unpaired) electrons. The number of hydrogen-bond donors (Lipinski definition) is 1. The molecule has 0 spiro atoms. The van der Waals surface area contributed by atoms with E-state index in [0.29, 0.717) is 17.2 Å². The third kappa shape index (κ3) is 3.07. The Labute approximate surface area is 125 Å². The summed E-state index contributed by atoms with van der Waals surface area (Å²) in [6, 6.07) is 3.04. The van der Waals surface area contributed by atoms with Gasteiger partial charge in [-0.15, -0.1) is 0 Å². The Balaban J connectivity index is 1.71. The Hall–Kier alpha value is -0.870. The lowest BCUT2D eigenvalue weighted by Gasteiger charge is -2.32. The Morgan fingerprint density at radius 2 is 2.20 bits per heavy atom. The van der Waals surface area contributed by atoms with E-state index in [2.05, 4.69) is 27.1 Å². The minimum absolute atomic E-state index is 0.510. The topological polar surface area (TPSA) is 41.1 Å². The molecule has 4 nitrogen and oxygen atoms in total. The van der Waals surface area contributed by atoms with Gasteiger partial charge in [-0.1, -0.05) is 24.9 Å². The molecule has 2 aliphatic rings. The number of rotatable bonds is 4. The summed E-state index contributed by atoms with van der Waals surface area (Å²) in [5.41, 5.74) is 0. The standard InChI is InChI=1S/C15H23ClN4/c1-2-5-14-18-13(16)10-15(19-14)17-11-7-9-20-8-4-3-6-12(11)20/h10-12H,2-9H2,1H3,(H,17,18,19). The normalized spacial score (nSPS) is 26.5. The van der Waals surface area contributed by atoms with Crippen LogP contribution in [0.4, 0.5) is 5.82 Å². The van der Waals surface area contributed by atoms with Crippen molar-refractivity contribution in [3.63, 3.8) is 0 Å². The summed E-state index contributed by atoms with van der Waals surface area (Å²) < 4.78 is 0. The molecule has 1 N–H and O–H groups in total. The third-order valence-electron chi connectivity index (χ3n) is 4.40. The average Bonchev–Trinajstić information content (AvgIpc) is 2.82. The third-order valence-corrected chi connectivity index (χ3v) is 4.60.